The smallest absolute Gasteiger partial charge is 0.258 e. The normalized spacial score (nSPS) is 10.5. The van der Waals surface area contributed by atoms with Crippen molar-refractivity contribution in [3.8, 4) is 11.3 Å². The zero-order valence-corrected chi connectivity index (χ0v) is 12.0. The van der Waals surface area contributed by atoms with Crippen molar-refractivity contribution in [3.63, 3.8) is 0 Å². The molecule has 5 nitrogen and oxygen atoms in total. The summed E-state index contributed by atoms with van der Waals surface area (Å²) in [5.74, 6) is -0.825. The Morgan fingerprint density at radius 1 is 1.32 bits per heavy atom. The molecule has 0 saturated carbocycles. The molecule has 1 aromatic carbocycles. The average Bonchev–Trinajstić information content (AvgIpc) is 2.35. The largest absolute Gasteiger partial charge is 0.332 e. The van der Waals surface area contributed by atoms with E-state index in [1.54, 1.807) is 0 Å². The summed E-state index contributed by atoms with van der Waals surface area (Å²) in [6, 6.07) is 2.78. The number of rotatable bonds is 2. The summed E-state index contributed by atoms with van der Waals surface area (Å²) in [7, 11) is 0. The Morgan fingerprint density at radius 2 is 2.00 bits per heavy atom. The first-order valence-electron chi connectivity index (χ1n) is 4.72. The number of aromatic nitrogens is 2. The Hall–Kier alpha value is -1.31. The quantitative estimate of drug-likeness (QED) is 0.344. The molecule has 0 aliphatic heterocycles. The molecule has 2 rings (SSSR count). The van der Waals surface area contributed by atoms with Gasteiger partial charge in [-0.3, -0.25) is 10.1 Å². The van der Waals surface area contributed by atoms with Crippen molar-refractivity contribution in [2.75, 3.05) is 0 Å². The van der Waals surface area contributed by atoms with Crippen LogP contribution in [-0.2, 0) is 0 Å². The fraction of sp³-hybridized carbons (Fsp3) is 0. The van der Waals surface area contributed by atoms with Crippen LogP contribution in [0.5, 0.6) is 0 Å². The van der Waals surface area contributed by atoms with Crippen molar-refractivity contribution < 1.29 is 9.31 Å². The van der Waals surface area contributed by atoms with Crippen LogP contribution in [0, 0.1) is 15.9 Å². The number of nitro groups is 1. The molecule has 9 heteroatoms. The van der Waals surface area contributed by atoms with Crippen LogP contribution in [0.15, 0.2) is 22.9 Å². The summed E-state index contributed by atoms with van der Waals surface area (Å²) in [5, 5.41) is 10.4. The second-order valence-electron chi connectivity index (χ2n) is 3.34. The summed E-state index contributed by atoms with van der Waals surface area (Å²) < 4.78 is 14.4. The molecule has 0 unspecified atom stereocenters. The van der Waals surface area contributed by atoms with Gasteiger partial charge in [0.25, 0.3) is 0 Å². The summed E-state index contributed by atoms with van der Waals surface area (Å²) in [6.45, 7) is 0. The van der Waals surface area contributed by atoms with Gasteiger partial charge in [-0.1, -0.05) is 23.2 Å². The molecule has 0 aliphatic rings. The summed E-state index contributed by atoms with van der Waals surface area (Å²) >= 11 is 14.4. The highest BCUT2D eigenvalue weighted by Crippen LogP contribution is 2.37. The van der Waals surface area contributed by atoms with Crippen molar-refractivity contribution in [2.45, 2.75) is 0 Å². The highest BCUT2D eigenvalue weighted by molar-refractivity contribution is 9.10. The number of hydrogen-bond acceptors (Lipinski definition) is 4. The van der Waals surface area contributed by atoms with E-state index in [1.165, 1.54) is 12.1 Å². The van der Waals surface area contributed by atoms with Gasteiger partial charge >= 0.3 is 5.69 Å². The van der Waals surface area contributed by atoms with Gasteiger partial charge in [-0.25, -0.2) is 14.4 Å². The predicted molar refractivity (Wildman–Crippen MR) is 71.8 cm³/mol. The lowest BCUT2D eigenvalue weighted by atomic mass is 10.1. The first-order chi connectivity index (χ1) is 8.93. The Balaban J connectivity index is 2.77. The first kappa shape index (κ1) is 14.1. The van der Waals surface area contributed by atoms with E-state index in [9.17, 15) is 14.5 Å². The van der Waals surface area contributed by atoms with Gasteiger partial charge in [-0.05, 0) is 28.1 Å². The van der Waals surface area contributed by atoms with Crippen molar-refractivity contribution >= 4 is 44.8 Å². The van der Waals surface area contributed by atoms with Crippen LogP contribution < -0.4 is 0 Å². The molecule has 0 fully saturated rings. The molecule has 1 heterocycles. The topological polar surface area (TPSA) is 68.9 Å². The molecule has 0 amide bonds. The SMILES string of the molecule is O=[N+]([O-])c1c(Cl)ncnc1-c1ccc(Br)c(Cl)c1F. The zero-order valence-electron chi connectivity index (χ0n) is 8.90. The van der Waals surface area contributed by atoms with Gasteiger partial charge in [0, 0.05) is 10.0 Å². The summed E-state index contributed by atoms with van der Waals surface area (Å²) in [5.41, 5.74) is -0.914. The molecule has 0 spiro atoms. The van der Waals surface area contributed by atoms with E-state index in [1.807, 2.05) is 0 Å². The van der Waals surface area contributed by atoms with E-state index in [4.69, 9.17) is 23.2 Å². The Labute approximate surface area is 124 Å². The molecule has 98 valence electrons. The lowest BCUT2D eigenvalue weighted by Gasteiger charge is -2.06. The van der Waals surface area contributed by atoms with Gasteiger partial charge in [-0.2, -0.15) is 0 Å². The van der Waals surface area contributed by atoms with Crippen LogP contribution in [0.1, 0.15) is 0 Å². The summed E-state index contributed by atoms with van der Waals surface area (Å²) in [6.07, 6.45) is 1.01. The maximum Gasteiger partial charge on any atom is 0.332 e. The molecule has 0 radical (unpaired) electrons. The molecule has 0 saturated heterocycles. The van der Waals surface area contributed by atoms with E-state index in [0.29, 0.717) is 4.47 Å². The molecular weight excluding hydrogens is 364 g/mol. The maximum atomic E-state index is 14.0. The van der Waals surface area contributed by atoms with Crippen molar-refractivity contribution in [1.29, 1.82) is 0 Å². The van der Waals surface area contributed by atoms with Gasteiger partial charge in [0.05, 0.1) is 9.95 Å². The second-order valence-corrected chi connectivity index (χ2v) is 4.93. The van der Waals surface area contributed by atoms with Crippen molar-refractivity contribution in [3.05, 3.63) is 49.0 Å². The minimum absolute atomic E-state index is 0.121. The average molecular weight is 367 g/mol. The minimum Gasteiger partial charge on any atom is -0.258 e. The summed E-state index contributed by atoms with van der Waals surface area (Å²) in [4.78, 5) is 17.4. The Morgan fingerprint density at radius 3 is 2.63 bits per heavy atom. The van der Waals surface area contributed by atoms with Crippen LogP contribution in [0.4, 0.5) is 10.1 Å². The number of nitrogens with zero attached hydrogens (tertiary/aromatic N) is 3. The molecule has 0 N–H and O–H groups in total. The van der Waals surface area contributed by atoms with E-state index in [2.05, 4.69) is 25.9 Å². The van der Waals surface area contributed by atoms with Gasteiger partial charge < -0.3 is 0 Å². The Kier molecular flexibility index (Phi) is 3.98. The standard InChI is InChI=1S/C10H3BrCl2FN3O2/c11-5-2-1-4(7(14)6(5)12)8-9(17(18)19)10(13)16-3-15-8/h1-3H. The van der Waals surface area contributed by atoms with E-state index in [-0.39, 0.29) is 21.4 Å². The van der Waals surface area contributed by atoms with Gasteiger partial charge in [-0.15, -0.1) is 0 Å². The lowest BCUT2D eigenvalue weighted by molar-refractivity contribution is -0.384. The monoisotopic (exact) mass is 365 g/mol. The lowest BCUT2D eigenvalue weighted by Crippen LogP contribution is -1.99. The van der Waals surface area contributed by atoms with Crippen molar-refractivity contribution in [1.82, 2.24) is 9.97 Å². The van der Waals surface area contributed by atoms with Gasteiger partial charge in [0.2, 0.25) is 5.15 Å². The second kappa shape index (κ2) is 5.36. The molecule has 2 aromatic rings. The zero-order chi connectivity index (χ0) is 14.2. The highest BCUT2D eigenvalue weighted by atomic mass is 79.9. The van der Waals surface area contributed by atoms with Crippen LogP contribution in [0.2, 0.25) is 10.2 Å². The minimum atomic E-state index is -0.825. The number of halogens is 4. The molecule has 1 aromatic heterocycles. The third kappa shape index (κ3) is 2.54. The predicted octanol–water partition coefficient (Wildman–Crippen LogP) is 4.26. The molecular formula is C10H3BrCl2FN3O2. The molecule has 0 atom stereocenters. The number of hydrogen-bond donors (Lipinski definition) is 0. The van der Waals surface area contributed by atoms with Gasteiger partial charge in [0.15, 0.2) is 11.5 Å². The molecule has 0 bridgehead atoms. The maximum absolute atomic E-state index is 14.0. The van der Waals surface area contributed by atoms with Crippen LogP contribution in [0.25, 0.3) is 11.3 Å². The van der Waals surface area contributed by atoms with Crippen LogP contribution in [-0.4, -0.2) is 14.9 Å². The fourth-order valence-corrected chi connectivity index (χ4v) is 2.10. The third-order valence-corrected chi connectivity index (χ3v) is 3.79. The number of benzene rings is 1. The van der Waals surface area contributed by atoms with Crippen LogP contribution in [0.3, 0.4) is 0 Å². The molecule has 0 aliphatic carbocycles. The van der Waals surface area contributed by atoms with E-state index < -0.39 is 16.4 Å². The van der Waals surface area contributed by atoms with Crippen LogP contribution >= 0.6 is 39.1 Å². The van der Waals surface area contributed by atoms with Crippen molar-refractivity contribution in [2.24, 2.45) is 0 Å². The third-order valence-electron chi connectivity index (χ3n) is 2.25. The Bertz CT molecular complexity index is 684. The van der Waals surface area contributed by atoms with Gasteiger partial charge in [0.1, 0.15) is 6.33 Å². The van der Waals surface area contributed by atoms with E-state index >= 15 is 0 Å². The highest BCUT2D eigenvalue weighted by Gasteiger charge is 2.25. The first-order valence-corrected chi connectivity index (χ1v) is 6.27. The fourth-order valence-electron chi connectivity index (χ4n) is 1.42. The van der Waals surface area contributed by atoms with E-state index in [0.717, 1.165) is 6.33 Å². The molecule has 19 heavy (non-hydrogen) atoms.